The molecule has 2 rings (SSSR count). The van der Waals surface area contributed by atoms with Gasteiger partial charge in [0, 0.05) is 12.6 Å². The third kappa shape index (κ3) is 2.14. The van der Waals surface area contributed by atoms with Crippen molar-refractivity contribution >= 4 is 23.4 Å². The summed E-state index contributed by atoms with van der Waals surface area (Å²) in [4.78, 5) is 8.38. The van der Waals surface area contributed by atoms with Gasteiger partial charge in [-0.05, 0) is 36.0 Å². The molecule has 0 unspecified atom stereocenters. The highest BCUT2D eigenvalue weighted by Crippen LogP contribution is 2.28. The second-order valence-electron chi connectivity index (χ2n) is 3.18. The molecule has 0 amide bonds. The van der Waals surface area contributed by atoms with Crippen molar-refractivity contribution in [3.05, 3.63) is 16.5 Å². The summed E-state index contributed by atoms with van der Waals surface area (Å²) in [6, 6.07) is 0. The fourth-order valence-electron chi connectivity index (χ4n) is 1.06. The molecule has 2 heterocycles. The first-order chi connectivity index (χ1) is 7.58. The maximum Gasteiger partial charge on any atom is 0.215 e. The second kappa shape index (κ2) is 4.34. The van der Waals surface area contributed by atoms with Gasteiger partial charge in [0.05, 0.1) is 0 Å². The summed E-state index contributed by atoms with van der Waals surface area (Å²) < 4.78 is 1.58. The van der Waals surface area contributed by atoms with E-state index in [1.54, 1.807) is 18.7 Å². The van der Waals surface area contributed by atoms with Gasteiger partial charge >= 0.3 is 0 Å². The van der Waals surface area contributed by atoms with Gasteiger partial charge in [0.2, 0.25) is 5.16 Å². The van der Waals surface area contributed by atoms with E-state index in [-0.39, 0.29) is 0 Å². The van der Waals surface area contributed by atoms with Crippen LogP contribution in [0, 0.1) is 13.8 Å². The van der Waals surface area contributed by atoms with Crippen LogP contribution in [0.25, 0.3) is 0 Å². The third-order valence-electron chi connectivity index (χ3n) is 1.92. The molecule has 84 valence electrons. The Hall–Kier alpha value is -1.21. The van der Waals surface area contributed by atoms with E-state index in [0.717, 1.165) is 10.6 Å². The number of nitrogens with zero attached hydrogens (tertiary/aromatic N) is 6. The lowest BCUT2D eigenvalue weighted by molar-refractivity contribution is 0.664. The van der Waals surface area contributed by atoms with Crippen LogP contribution in [-0.4, -0.2) is 30.2 Å². The van der Waals surface area contributed by atoms with Gasteiger partial charge < -0.3 is 0 Å². The van der Waals surface area contributed by atoms with Crippen LogP contribution in [0.2, 0.25) is 5.15 Å². The minimum absolute atomic E-state index is 0.463. The highest BCUT2D eigenvalue weighted by Gasteiger charge is 2.12. The zero-order valence-electron chi connectivity index (χ0n) is 8.97. The second-order valence-corrected chi connectivity index (χ2v) is 4.49. The van der Waals surface area contributed by atoms with Gasteiger partial charge in [-0.2, -0.15) is 0 Å². The molecule has 8 heteroatoms. The highest BCUT2D eigenvalue weighted by molar-refractivity contribution is 7.99. The smallest absolute Gasteiger partial charge is 0.215 e. The zero-order valence-corrected chi connectivity index (χ0v) is 10.5. The maximum atomic E-state index is 5.98. The molecule has 6 nitrogen and oxygen atoms in total. The van der Waals surface area contributed by atoms with Gasteiger partial charge in [0.15, 0.2) is 0 Å². The lowest BCUT2D eigenvalue weighted by Gasteiger charge is -2.05. The number of rotatable bonds is 2. The molecular formula is C8H9ClN6S. The minimum Gasteiger partial charge on any atom is -0.226 e. The molecule has 0 spiro atoms. The van der Waals surface area contributed by atoms with Crippen LogP contribution in [0.1, 0.15) is 11.4 Å². The molecule has 0 fully saturated rings. The Morgan fingerprint density at radius 2 is 2.00 bits per heavy atom. The van der Waals surface area contributed by atoms with Crippen LogP contribution in [0.4, 0.5) is 0 Å². The van der Waals surface area contributed by atoms with E-state index in [9.17, 15) is 0 Å². The van der Waals surface area contributed by atoms with Crippen LogP contribution in [0.3, 0.4) is 0 Å². The first-order valence-electron chi connectivity index (χ1n) is 4.49. The lowest BCUT2D eigenvalue weighted by Crippen LogP contribution is -1.98. The van der Waals surface area contributed by atoms with Crippen molar-refractivity contribution in [2.24, 2.45) is 7.05 Å². The molecule has 0 saturated heterocycles. The molecule has 0 saturated carbocycles. The highest BCUT2D eigenvalue weighted by atomic mass is 35.5. The van der Waals surface area contributed by atoms with Crippen LogP contribution in [0.15, 0.2) is 10.2 Å². The van der Waals surface area contributed by atoms with E-state index in [0.29, 0.717) is 16.1 Å². The maximum absolute atomic E-state index is 5.98. The Labute approximate surface area is 101 Å². The standard InChI is InChI=1S/C8H9ClN6S/c1-4-6(9)10-5(2)11-7(4)16-8-12-13-14-15(8)3/h1-3H3. The van der Waals surface area contributed by atoms with Crippen molar-refractivity contribution in [2.45, 2.75) is 24.0 Å². The third-order valence-corrected chi connectivity index (χ3v) is 3.41. The van der Waals surface area contributed by atoms with Gasteiger partial charge in [-0.3, -0.25) is 0 Å². The summed E-state index contributed by atoms with van der Waals surface area (Å²) in [7, 11) is 1.77. The summed E-state index contributed by atoms with van der Waals surface area (Å²) in [6.07, 6.45) is 0. The molecule has 16 heavy (non-hydrogen) atoms. The van der Waals surface area contributed by atoms with Crippen molar-refractivity contribution in [1.29, 1.82) is 0 Å². The summed E-state index contributed by atoms with van der Waals surface area (Å²) in [5.74, 6) is 0.633. The minimum atomic E-state index is 0.463. The Bertz CT molecular complexity index is 525. The van der Waals surface area contributed by atoms with Gasteiger partial charge in [-0.25, -0.2) is 14.6 Å². The average molecular weight is 257 g/mol. The molecular weight excluding hydrogens is 248 g/mol. The quantitative estimate of drug-likeness (QED) is 0.757. The first kappa shape index (κ1) is 11.3. The Kier molecular flexibility index (Phi) is 3.06. The van der Waals surface area contributed by atoms with E-state index in [2.05, 4.69) is 25.5 Å². The van der Waals surface area contributed by atoms with Gasteiger partial charge in [0.1, 0.15) is 16.0 Å². The fourth-order valence-corrected chi connectivity index (χ4v) is 2.18. The molecule has 2 aromatic heterocycles. The van der Waals surface area contributed by atoms with Gasteiger partial charge in [-0.1, -0.05) is 11.6 Å². The number of halogens is 1. The van der Waals surface area contributed by atoms with Crippen LogP contribution >= 0.6 is 23.4 Å². The summed E-state index contributed by atoms with van der Waals surface area (Å²) >= 11 is 7.34. The Morgan fingerprint density at radius 1 is 1.25 bits per heavy atom. The van der Waals surface area contributed by atoms with Crippen LogP contribution in [0.5, 0.6) is 0 Å². The van der Waals surface area contributed by atoms with Gasteiger partial charge in [0.25, 0.3) is 0 Å². The van der Waals surface area contributed by atoms with Crippen molar-refractivity contribution in [1.82, 2.24) is 30.2 Å². The van der Waals surface area contributed by atoms with Crippen molar-refractivity contribution < 1.29 is 0 Å². The van der Waals surface area contributed by atoms with E-state index < -0.39 is 0 Å². The topological polar surface area (TPSA) is 69.4 Å². The molecule has 0 aliphatic carbocycles. The number of aromatic nitrogens is 6. The van der Waals surface area contributed by atoms with E-state index >= 15 is 0 Å². The van der Waals surface area contributed by atoms with Crippen LogP contribution in [-0.2, 0) is 7.05 Å². The molecule has 0 aliphatic rings. The number of hydrogen-bond acceptors (Lipinski definition) is 6. The molecule has 0 atom stereocenters. The molecule has 0 aromatic carbocycles. The Balaban J connectivity index is 2.38. The first-order valence-corrected chi connectivity index (χ1v) is 5.68. The number of hydrogen-bond donors (Lipinski definition) is 0. The van der Waals surface area contributed by atoms with E-state index in [1.807, 2.05) is 6.92 Å². The normalized spacial score (nSPS) is 10.8. The molecule has 0 N–H and O–H groups in total. The Morgan fingerprint density at radius 3 is 2.62 bits per heavy atom. The summed E-state index contributed by atoms with van der Waals surface area (Å²) in [6.45, 7) is 3.66. The molecule has 2 aromatic rings. The van der Waals surface area contributed by atoms with Crippen molar-refractivity contribution in [2.75, 3.05) is 0 Å². The van der Waals surface area contributed by atoms with Gasteiger partial charge in [-0.15, -0.1) is 5.10 Å². The lowest BCUT2D eigenvalue weighted by atomic mass is 10.4. The van der Waals surface area contributed by atoms with Crippen molar-refractivity contribution in [3.63, 3.8) is 0 Å². The van der Waals surface area contributed by atoms with Crippen LogP contribution < -0.4 is 0 Å². The SMILES string of the molecule is Cc1nc(Cl)c(C)c(Sc2nnnn2C)n1. The van der Waals surface area contributed by atoms with E-state index in [4.69, 9.17) is 11.6 Å². The monoisotopic (exact) mass is 256 g/mol. The predicted molar refractivity (Wildman–Crippen MR) is 59.4 cm³/mol. The summed E-state index contributed by atoms with van der Waals surface area (Å²) in [5, 5.41) is 13.1. The average Bonchev–Trinajstić information content (AvgIpc) is 2.60. The zero-order chi connectivity index (χ0) is 11.7. The van der Waals surface area contributed by atoms with Crippen molar-refractivity contribution in [3.8, 4) is 0 Å². The molecule has 0 aliphatic heterocycles. The van der Waals surface area contributed by atoms with E-state index in [1.165, 1.54) is 11.8 Å². The molecule has 0 radical (unpaired) electrons. The number of tetrazole rings is 1. The largest absolute Gasteiger partial charge is 0.226 e. The number of aryl methyl sites for hydroxylation is 2. The summed E-state index contributed by atoms with van der Waals surface area (Å²) in [5.41, 5.74) is 0.834. The predicted octanol–water partition coefficient (Wildman–Crippen LogP) is 1.42. The molecule has 0 bridgehead atoms. The fraction of sp³-hybridized carbons (Fsp3) is 0.375.